The zero-order valence-corrected chi connectivity index (χ0v) is 13.3. The second kappa shape index (κ2) is 6.67. The van der Waals surface area contributed by atoms with E-state index in [-0.39, 0.29) is 11.7 Å². The molecule has 2 fully saturated rings. The number of carbonyl (C=O) groups is 1. The molecular weight excluding hydrogens is 266 g/mol. The summed E-state index contributed by atoms with van der Waals surface area (Å²) in [4.78, 5) is 15.2. The van der Waals surface area contributed by atoms with Gasteiger partial charge < -0.3 is 15.8 Å². The summed E-state index contributed by atoms with van der Waals surface area (Å²) >= 11 is 0. The molecule has 3 N–H and O–H groups in total. The summed E-state index contributed by atoms with van der Waals surface area (Å²) in [6.45, 7) is 4.71. The highest BCUT2D eigenvalue weighted by atomic mass is 16.4. The van der Waals surface area contributed by atoms with Crippen molar-refractivity contribution in [2.24, 2.45) is 22.2 Å². The van der Waals surface area contributed by atoms with E-state index in [9.17, 15) is 4.79 Å². The highest BCUT2D eigenvalue weighted by Gasteiger charge is 2.46. The SMILES string of the molecule is CCC(CC)(C(=O)N1CCCC2CCCCC21)C(N)=NO. The maximum Gasteiger partial charge on any atom is 0.236 e. The minimum absolute atomic E-state index is 0.0652. The lowest BCUT2D eigenvalue weighted by Gasteiger charge is -2.47. The molecule has 21 heavy (non-hydrogen) atoms. The lowest BCUT2D eigenvalue weighted by molar-refractivity contribution is -0.145. The molecule has 5 nitrogen and oxygen atoms in total. The van der Waals surface area contributed by atoms with Gasteiger partial charge in [0.1, 0.15) is 5.41 Å². The molecule has 2 unspecified atom stereocenters. The molecule has 2 aliphatic rings. The van der Waals surface area contributed by atoms with Crippen molar-refractivity contribution in [3.63, 3.8) is 0 Å². The van der Waals surface area contributed by atoms with Gasteiger partial charge in [-0.15, -0.1) is 0 Å². The number of nitrogens with two attached hydrogens (primary N) is 1. The molecule has 1 saturated heterocycles. The van der Waals surface area contributed by atoms with Gasteiger partial charge in [0.2, 0.25) is 5.91 Å². The second-order valence-electron chi connectivity index (χ2n) is 6.53. The molecule has 0 aromatic heterocycles. The predicted molar refractivity (Wildman–Crippen MR) is 83.1 cm³/mol. The summed E-state index contributed by atoms with van der Waals surface area (Å²) in [6, 6.07) is 0.365. The number of amides is 1. The fourth-order valence-corrected chi connectivity index (χ4v) is 4.27. The Morgan fingerprint density at radius 1 is 1.24 bits per heavy atom. The maximum absolute atomic E-state index is 13.2. The second-order valence-corrected chi connectivity index (χ2v) is 6.53. The monoisotopic (exact) mass is 295 g/mol. The molecule has 0 aromatic rings. The number of oxime groups is 1. The van der Waals surface area contributed by atoms with Crippen LogP contribution >= 0.6 is 0 Å². The van der Waals surface area contributed by atoms with Crippen LogP contribution in [0.2, 0.25) is 0 Å². The van der Waals surface area contributed by atoms with Crippen LogP contribution in [0.25, 0.3) is 0 Å². The first-order valence-corrected chi connectivity index (χ1v) is 8.39. The van der Waals surface area contributed by atoms with E-state index in [1.54, 1.807) is 0 Å². The number of hydrogen-bond donors (Lipinski definition) is 2. The van der Waals surface area contributed by atoms with Crippen molar-refractivity contribution < 1.29 is 10.0 Å². The van der Waals surface area contributed by atoms with Crippen LogP contribution in [0, 0.1) is 11.3 Å². The summed E-state index contributed by atoms with van der Waals surface area (Å²) < 4.78 is 0. The standard InChI is InChI=1S/C16H29N3O2/c1-3-16(4-2,14(17)18-21)15(20)19-11-7-9-12-8-5-6-10-13(12)19/h12-13,21H,3-11H2,1-2H3,(H2,17,18). The maximum atomic E-state index is 13.2. The Hall–Kier alpha value is -1.26. The van der Waals surface area contributed by atoms with Gasteiger partial charge in [0.15, 0.2) is 5.84 Å². The van der Waals surface area contributed by atoms with E-state index in [0.717, 1.165) is 19.4 Å². The van der Waals surface area contributed by atoms with E-state index in [0.29, 0.717) is 24.8 Å². The topological polar surface area (TPSA) is 78.9 Å². The van der Waals surface area contributed by atoms with Gasteiger partial charge in [-0.3, -0.25) is 4.79 Å². The number of nitrogens with zero attached hydrogens (tertiary/aromatic N) is 2. The van der Waals surface area contributed by atoms with Crippen molar-refractivity contribution in [2.75, 3.05) is 6.54 Å². The molecule has 1 amide bonds. The van der Waals surface area contributed by atoms with Gasteiger partial charge in [-0.25, -0.2) is 0 Å². The number of carbonyl (C=O) groups excluding carboxylic acids is 1. The summed E-state index contributed by atoms with van der Waals surface area (Å²) in [7, 11) is 0. The zero-order valence-electron chi connectivity index (χ0n) is 13.3. The lowest BCUT2D eigenvalue weighted by Crippen LogP contribution is -2.57. The Morgan fingerprint density at radius 3 is 2.48 bits per heavy atom. The van der Waals surface area contributed by atoms with Crippen LogP contribution in [0.3, 0.4) is 0 Å². The van der Waals surface area contributed by atoms with E-state index in [1.165, 1.54) is 25.7 Å². The molecule has 1 aliphatic carbocycles. The molecule has 0 spiro atoms. The van der Waals surface area contributed by atoms with Gasteiger partial charge in [0.05, 0.1) is 0 Å². The smallest absolute Gasteiger partial charge is 0.236 e. The average Bonchev–Trinajstić information content (AvgIpc) is 2.55. The Balaban J connectivity index is 2.27. The molecule has 1 heterocycles. The highest BCUT2D eigenvalue weighted by molar-refractivity contribution is 6.06. The van der Waals surface area contributed by atoms with Gasteiger partial charge in [0.25, 0.3) is 0 Å². The molecule has 0 radical (unpaired) electrons. The quantitative estimate of drug-likeness (QED) is 0.362. The molecule has 2 atom stereocenters. The van der Waals surface area contributed by atoms with Crippen LogP contribution in [-0.2, 0) is 4.79 Å². The third-order valence-electron chi connectivity index (χ3n) is 5.72. The van der Waals surface area contributed by atoms with Crippen LogP contribution in [0.1, 0.15) is 65.2 Å². The Bertz CT molecular complexity index is 402. The van der Waals surface area contributed by atoms with E-state index in [2.05, 4.69) is 10.1 Å². The van der Waals surface area contributed by atoms with E-state index in [4.69, 9.17) is 10.9 Å². The lowest BCUT2D eigenvalue weighted by atomic mass is 9.74. The zero-order chi connectivity index (χ0) is 15.5. The normalized spacial score (nSPS) is 27.3. The van der Waals surface area contributed by atoms with Crippen LogP contribution in [-0.4, -0.2) is 34.4 Å². The minimum Gasteiger partial charge on any atom is -0.409 e. The van der Waals surface area contributed by atoms with Gasteiger partial charge in [-0.1, -0.05) is 31.8 Å². The molecule has 5 heteroatoms. The molecule has 120 valence electrons. The van der Waals surface area contributed by atoms with E-state index in [1.807, 2.05) is 13.8 Å². The fourth-order valence-electron chi connectivity index (χ4n) is 4.27. The van der Waals surface area contributed by atoms with Crippen molar-refractivity contribution in [1.82, 2.24) is 4.90 Å². The third-order valence-corrected chi connectivity index (χ3v) is 5.72. The summed E-state index contributed by atoms with van der Waals surface area (Å²) in [6.07, 6.45) is 8.31. The largest absolute Gasteiger partial charge is 0.409 e. The molecular formula is C16H29N3O2. The first-order valence-electron chi connectivity index (χ1n) is 8.39. The third kappa shape index (κ3) is 2.74. The molecule has 1 aliphatic heterocycles. The van der Waals surface area contributed by atoms with Gasteiger partial charge in [-0.05, 0) is 44.4 Å². The van der Waals surface area contributed by atoms with Crippen LogP contribution in [0.5, 0.6) is 0 Å². The van der Waals surface area contributed by atoms with Crippen molar-refractivity contribution in [2.45, 2.75) is 71.3 Å². The Morgan fingerprint density at radius 2 is 1.86 bits per heavy atom. The summed E-state index contributed by atoms with van der Waals surface area (Å²) in [5, 5.41) is 12.3. The Kier molecular flexibility index (Phi) is 5.12. The molecule has 0 aromatic carbocycles. The highest BCUT2D eigenvalue weighted by Crippen LogP contribution is 2.39. The first kappa shape index (κ1) is 16.1. The van der Waals surface area contributed by atoms with E-state index >= 15 is 0 Å². The Labute approximate surface area is 127 Å². The number of rotatable bonds is 4. The van der Waals surface area contributed by atoms with Crippen LogP contribution in [0.4, 0.5) is 0 Å². The van der Waals surface area contributed by atoms with Gasteiger partial charge >= 0.3 is 0 Å². The number of piperidine rings is 1. The van der Waals surface area contributed by atoms with Crippen LogP contribution in [0.15, 0.2) is 5.16 Å². The summed E-state index contributed by atoms with van der Waals surface area (Å²) in [5.41, 5.74) is 5.06. The molecule has 0 bridgehead atoms. The van der Waals surface area contributed by atoms with Gasteiger partial charge in [0, 0.05) is 12.6 Å². The minimum atomic E-state index is -0.839. The number of likely N-dealkylation sites (tertiary alicyclic amines) is 1. The first-order chi connectivity index (χ1) is 10.1. The fraction of sp³-hybridized carbons (Fsp3) is 0.875. The van der Waals surface area contributed by atoms with Crippen molar-refractivity contribution in [3.05, 3.63) is 0 Å². The van der Waals surface area contributed by atoms with E-state index < -0.39 is 5.41 Å². The number of hydrogen-bond acceptors (Lipinski definition) is 3. The van der Waals surface area contributed by atoms with Crippen molar-refractivity contribution >= 4 is 11.7 Å². The number of amidine groups is 1. The van der Waals surface area contributed by atoms with Crippen molar-refractivity contribution in [1.29, 1.82) is 0 Å². The molecule has 1 saturated carbocycles. The van der Waals surface area contributed by atoms with Gasteiger partial charge in [-0.2, -0.15) is 0 Å². The molecule has 2 rings (SSSR count). The van der Waals surface area contributed by atoms with Crippen LogP contribution < -0.4 is 5.73 Å². The predicted octanol–water partition coefficient (Wildman–Crippen LogP) is 2.72. The summed E-state index contributed by atoms with van der Waals surface area (Å²) in [5.74, 6) is 0.782. The van der Waals surface area contributed by atoms with Crippen molar-refractivity contribution in [3.8, 4) is 0 Å². The number of fused-ring (bicyclic) bond motifs is 1. The average molecular weight is 295 g/mol.